The molecule has 0 aliphatic heterocycles. The van der Waals surface area contributed by atoms with Crippen LogP contribution in [-0.4, -0.2) is 21.0 Å². The van der Waals surface area contributed by atoms with Gasteiger partial charge in [-0.15, -0.1) is 11.3 Å². The second-order valence-corrected chi connectivity index (χ2v) is 4.97. The number of aromatic nitrogens is 1. The quantitative estimate of drug-likeness (QED) is 0.648. The molecule has 1 aromatic carbocycles. The summed E-state index contributed by atoms with van der Waals surface area (Å²) < 4.78 is 0. The van der Waals surface area contributed by atoms with Crippen molar-refractivity contribution in [2.75, 3.05) is 5.32 Å². The number of nitrogens with one attached hydrogen (secondary N) is 1. The summed E-state index contributed by atoms with van der Waals surface area (Å²) in [5.41, 5.74) is 0.636. The number of anilines is 1. The molecule has 1 heterocycles. The minimum Gasteiger partial charge on any atom is -0.477 e. The molecule has 0 aliphatic carbocycles. The zero-order valence-electron chi connectivity index (χ0n) is 10.5. The number of carbonyl (C=O) groups is 1. The number of nitro groups is 1. The van der Waals surface area contributed by atoms with Crippen LogP contribution >= 0.6 is 11.3 Å². The van der Waals surface area contributed by atoms with Crippen LogP contribution in [0.5, 0.6) is 0 Å². The zero-order valence-corrected chi connectivity index (χ0v) is 11.3. The van der Waals surface area contributed by atoms with Crippen molar-refractivity contribution in [1.82, 2.24) is 4.98 Å². The standard InChI is InChI=1S/C12H11N3O4S/c1-7-6-20-11(14-7)5-13-8-2-3-9(12(16)17)10(4-8)15(18)19/h2-4,6,13H,5H2,1H3,(H,16,17). The molecule has 0 aliphatic rings. The number of aromatic carboxylic acids is 1. The van der Waals surface area contributed by atoms with Crippen molar-refractivity contribution in [2.24, 2.45) is 0 Å². The molecule has 0 fully saturated rings. The molecule has 2 N–H and O–H groups in total. The van der Waals surface area contributed by atoms with Gasteiger partial charge in [-0.2, -0.15) is 0 Å². The third-order valence-corrected chi connectivity index (χ3v) is 3.50. The van der Waals surface area contributed by atoms with Gasteiger partial charge >= 0.3 is 5.97 Å². The fraction of sp³-hybridized carbons (Fsp3) is 0.167. The van der Waals surface area contributed by atoms with Crippen LogP contribution in [0.1, 0.15) is 21.1 Å². The predicted octanol–water partition coefficient (Wildman–Crippen LogP) is 2.67. The summed E-state index contributed by atoms with van der Waals surface area (Å²) in [5.74, 6) is -1.32. The third-order valence-electron chi connectivity index (χ3n) is 2.54. The highest BCUT2D eigenvalue weighted by Gasteiger charge is 2.19. The molecule has 0 unspecified atom stereocenters. The molecular formula is C12H11N3O4S. The summed E-state index contributed by atoms with van der Waals surface area (Å²) in [4.78, 5) is 25.3. The summed E-state index contributed by atoms with van der Waals surface area (Å²) in [6.07, 6.45) is 0. The molecule has 0 bridgehead atoms. The molecule has 20 heavy (non-hydrogen) atoms. The number of hydrogen-bond acceptors (Lipinski definition) is 6. The van der Waals surface area contributed by atoms with E-state index < -0.39 is 16.6 Å². The first-order chi connectivity index (χ1) is 9.47. The molecule has 0 radical (unpaired) electrons. The smallest absolute Gasteiger partial charge is 0.342 e. The van der Waals surface area contributed by atoms with Crippen LogP contribution in [0.2, 0.25) is 0 Å². The van der Waals surface area contributed by atoms with Gasteiger partial charge in [-0.25, -0.2) is 9.78 Å². The number of nitro benzene ring substituents is 1. The Morgan fingerprint density at radius 3 is 2.85 bits per heavy atom. The second kappa shape index (κ2) is 5.66. The number of rotatable bonds is 5. The fourth-order valence-electron chi connectivity index (χ4n) is 1.64. The number of carboxylic acids is 1. The summed E-state index contributed by atoms with van der Waals surface area (Å²) in [6, 6.07) is 3.93. The lowest BCUT2D eigenvalue weighted by molar-refractivity contribution is -0.385. The van der Waals surface area contributed by atoms with Gasteiger partial charge in [0.15, 0.2) is 0 Å². The first-order valence-corrected chi connectivity index (χ1v) is 6.52. The van der Waals surface area contributed by atoms with E-state index in [1.807, 2.05) is 12.3 Å². The monoisotopic (exact) mass is 293 g/mol. The maximum atomic E-state index is 10.9. The Bertz CT molecular complexity index is 668. The van der Waals surface area contributed by atoms with Crippen molar-refractivity contribution in [3.05, 3.63) is 50.0 Å². The van der Waals surface area contributed by atoms with Crippen molar-refractivity contribution in [3.63, 3.8) is 0 Å². The van der Waals surface area contributed by atoms with E-state index in [2.05, 4.69) is 10.3 Å². The first kappa shape index (κ1) is 13.9. The third kappa shape index (κ3) is 3.09. The number of nitrogens with zero attached hydrogens (tertiary/aromatic N) is 2. The van der Waals surface area contributed by atoms with E-state index in [0.29, 0.717) is 12.2 Å². The van der Waals surface area contributed by atoms with Gasteiger partial charge in [0.1, 0.15) is 10.6 Å². The molecule has 7 nitrogen and oxygen atoms in total. The fourth-order valence-corrected chi connectivity index (χ4v) is 2.35. The molecule has 8 heteroatoms. The topological polar surface area (TPSA) is 105 Å². The Morgan fingerprint density at radius 1 is 1.55 bits per heavy atom. The average molecular weight is 293 g/mol. The summed E-state index contributed by atoms with van der Waals surface area (Å²) in [5, 5.41) is 25.5. The van der Waals surface area contributed by atoms with Gasteiger partial charge < -0.3 is 10.4 Å². The van der Waals surface area contributed by atoms with Gasteiger partial charge in [0.05, 0.1) is 11.5 Å². The van der Waals surface area contributed by atoms with Crippen LogP contribution in [0.4, 0.5) is 11.4 Å². The van der Waals surface area contributed by atoms with Crippen molar-refractivity contribution < 1.29 is 14.8 Å². The number of hydrogen-bond donors (Lipinski definition) is 2. The van der Waals surface area contributed by atoms with Crippen LogP contribution in [-0.2, 0) is 6.54 Å². The van der Waals surface area contributed by atoms with Crippen molar-refractivity contribution in [1.29, 1.82) is 0 Å². The van der Waals surface area contributed by atoms with Gasteiger partial charge in [-0.3, -0.25) is 10.1 Å². The number of aryl methyl sites for hydroxylation is 1. The number of thiazole rings is 1. The lowest BCUT2D eigenvalue weighted by atomic mass is 10.1. The van der Waals surface area contributed by atoms with Crippen molar-refractivity contribution in [3.8, 4) is 0 Å². The second-order valence-electron chi connectivity index (χ2n) is 4.03. The Hall–Kier alpha value is -2.48. The van der Waals surface area contributed by atoms with Crippen LogP contribution < -0.4 is 5.32 Å². The Labute approximate surface area is 118 Å². The molecule has 0 saturated carbocycles. The Kier molecular flexibility index (Phi) is 3.94. The molecule has 0 saturated heterocycles. The van der Waals surface area contributed by atoms with Crippen LogP contribution in [0.25, 0.3) is 0 Å². The van der Waals surface area contributed by atoms with Gasteiger partial charge in [0.25, 0.3) is 5.69 Å². The SMILES string of the molecule is Cc1csc(CNc2ccc(C(=O)O)c([N+](=O)[O-])c2)n1. The first-order valence-electron chi connectivity index (χ1n) is 5.64. The van der Waals surface area contributed by atoms with Gasteiger partial charge in [-0.05, 0) is 19.1 Å². The molecule has 1 aromatic heterocycles. The maximum Gasteiger partial charge on any atom is 0.342 e. The normalized spacial score (nSPS) is 10.2. The molecule has 0 spiro atoms. The molecule has 104 valence electrons. The minimum atomic E-state index is -1.32. The van der Waals surface area contributed by atoms with E-state index in [-0.39, 0.29) is 5.56 Å². The highest BCUT2D eigenvalue weighted by atomic mass is 32.1. The summed E-state index contributed by atoms with van der Waals surface area (Å²) in [6.45, 7) is 2.31. The lowest BCUT2D eigenvalue weighted by Gasteiger charge is -2.05. The Balaban J connectivity index is 2.18. The average Bonchev–Trinajstić information content (AvgIpc) is 2.81. The zero-order chi connectivity index (χ0) is 14.7. The highest BCUT2D eigenvalue weighted by molar-refractivity contribution is 7.09. The maximum absolute atomic E-state index is 10.9. The van der Waals surface area contributed by atoms with Gasteiger partial charge in [0.2, 0.25) is 0 Å². The van der Waals surface area contributed by atoms with Crippen molar-refractivity contribution >= 4 is 28.7 Å². The van der Waals surface area contributed by atoms with Crippen LogP contribution in [0, 0.1) is 17.0 Å². The molecule has 2 aromatic rings. The van der Waals surface area contributed by atoms with E-state index in [0.717, 1.165) is 10.7 Å². The summed E-state index contributed by atoms with van der Waals surface area (Å²) in [7, 11) is 0. The van der Waals surface area contributed by atoms with Crippen molar-refractivity contribution in [2.45, 2.75) is 13.5 Å². The molecule has 0 atom stereocenters. The molecular weight excluding hydrogens is 282 g/mol. The van der Waals surface area contributed by atoms with E-state index in [1.165, 1.54) is 29.5 Å². The number of benzene rings is 1. The van der Waals surface area contributed by atoms with Crippen LogP contribution in [0.3, 0.4) is 0 Å². The van der Waals surface area contributed by atoms with E-state index >= 15 is 0 Å². The molecule has 2 rings (SSSR count). The van der Waals surface area contributed by atoms with Crippen LogP contribution in [0.15, 0.2) is 23.6 Å². The lowest BCUT2D eigenvalue weighted by Crippen LogP contribution is -2.05. The van der Waals surface area contributed by atoms with E-state index in [9.17, 15) is 14.9 Å². The number of carboxylic acid groups (broad SMARTS) is 1. The highest BCUT2D eigenvalue weighted by Crippen LogP contribution is 2.24. The van der Waals surface area contributed by atoms with E-state index in [4.69, 9.17) is 5.11 Å². The largest absolute Gasteiger partial charge is 0.477 e. The summed E-state index contributed by atoms with van der Waals surface area (Å²) >= 11 is 1.49. The van der Waals surface area contributed by atoms with E-state index in [1.54, 1.807) is 0 Å². The molecule has 0 amide bonds. The van der Waals surface area contributed by atoms with Gasteiger partial charge in [-0.1, -0.05) is 0 Å². The minimum absolute atomic E-state index is 0.328. The van der Waals surface area contributed by atoms with Gasteiger partial charge in [0, 0.05) is 22.8 Å². The predicted molar refractivity (Wildman–Crippen MR) is 74.2 cm³/mol. The Morgan fingerprint density at radius 2 is 2.30 bits per heavy atom.